The Balaban J connectivity index is 0.00000323. The standard InChI is InChI=1S/C29H34N4O6S2.2ClH/c1-33(2,13-6-14-39-24(35)16-30)12-5-9-21-17-41-28-25(27(36)32(28)26(21)29(37)38)31-23(34)18-40-22-11-10-19-7-3-4-8-20(19)15-22;;/h3-5,7-11,15,25,28H,6,12-14,16-18,30H2,1-2H3,(H-,31,34,37,38);2*1H/b9-5+;;/t25-,28-;;/m1../s1. The number of likely N-dealkylation sites (N-methyl/N-ethyl adjacent to an activating group) is 1. The van der Waals surface area contributed by atoms with Crippen molar-refractivity contribution in [1.29, 1.82) is 0 Å². The summed E-state index contributed by atoms with van der Waals surface area (Å²) in [5.41, 5.74) is 5.76. The van der Waals surface area contributed by atoms with Crippen LogP contribution in [0.3, 0.4) is 0 Å². The van der Waals surface area contributed by atoms with Crippen molar-refractivity contribution >= 4 is 70.5 Å². The minimum absolute atomic E-state index is 0. The number of aliphatic carboxylic acids is 1. The largest absolute Gasteiger partial charge is 1.00 e. The maximum absolute atomic E-state index is 13.0. The van der Waals surface area contributed by atoms with Gasteiger partial charge in [-0.15, -0.1) is 35.9 Å². The lowest BCUT2D eigenvalue weighted by molar-refractivity contribution is -0.884. The molecule has 43 heavy (non-hydrogen) atoms. The van der Waals surface area contributed by atoms with E-state index in [1.807, 2.05) is 62.6 Å². The van der Waals surface area contributed by atoms with Gasteiger partial charge in [0.25, 0.3) is 5.91 Å². The van der Waals surface area contributed by atoms with E-state index in [0.717, 1.165) is 22.2 Å². The quantitative estimate of drug-likeness (QED) is 0.0856. The zero-order valence-corrected chi connectivity index (χ0v) is 27.1. The lowest BCUT2D eigenvalue weighted by atomic mass is 10.0. The number of β-lactam (4-membered cyclic amide) rings is 1. The van der Waals surface area contributed by atoms with Crippen molar-refractivity contribution in [2.75, 3.05) is 51.8 Å². The molecular formula is C29H36Cl2N4O6S2. The van der Waals surface area contributed by atoms with Crippen LogP contribution in [0.1, 0.15) is 6.42 Å². The number of hydrogen-bond donors (Lipinski definition) is 3. The van der Waals surface area contributed by atoms with E-state index in [0.29, 0.717) is 35.4 Å². The van der Waals surface area contributed by atoms with Gasteiger partial charge in [-0.05, 0) is 34.6 Å². The lowest BCUT2D eigenvalue weighted by Crippen LogP contribution is -3.00. The Labute approximate surface area is 271 Å². The topological polar surface area (TPSA) is 139 Å². The zero-order chi connectivity index (χ0) is 29.6. The summed E-state index contributed by atoms with van der Waals surface area (Å²) in [5.74, 6) is -1.73. The van der Waals surface area contributed by atoms with E-state index < -0.39 is 29.3 Å². The number of fused-ring (bicyclic) bond motifs is 2. The third kappa shape index (κ3) is 9.37. The summed E-state index contributed by atoms with van der Waals surface area (Å²) in [6.45, 7) is 1.52. The van der Waals surface area contributed by atoms with Gasteiger partial charge >= 0.3 is 11.9 Å². The second-order valence-electron chi connectivity index (χ2n) is 10.5. The number of carbonyl (C=O) groups is 4. The molecular weight excluding hydrogens is 635 g/mol. The Bertz CT molecular complexity index is 1400. The molecule has 0 bridgehead atoms. The van der Waals surface area contributed by atoms with E-state index >= 15 is 0 Å². The third-order valence-corrected chi connectivity index (χ3v) is 9.16. The maximum atomic E-state index is 13.0. The molecule has 1 saturated heterocycles. The normalized spacial score (nSPS) is 17.9. The second kappa shape index (κ2) is 16.4. The number of esters is 1. The van der Waals surface area contributed by atoms with Crippen LogP contribution < -0.4 is 23.5 Å². The van der Waals surface area contributed by atoms with Crippen molar-refractivity contribution in [1.82, 2.24) is 10.2 Å². The number of amides is 2. The van der Waals surface area contributed by atoms with E-state index in [-0.39, 0.29) is 48.7 Å². The lowest BCUT2D eigenvalue weighted by Gasteiger charge is -2.49. The number of ether oxygens (including phenoxy) is 1. The predicted molar refractivity (Wildman–Crippen MR) is 167 cm³/mol. The van der Waals surface area contributed by atoms with Gasteiger partial charge in [0, 0.05) is 17.1 Å². The van der Waals surface area contributed by atoms with Crippen molar-refractivity contribution in [3.8, 4) is 0 Å². The number of nitrogens with one attached hydrogen (secondary N) is 1. The van der Waals surface area contributed by atoms with E-state index in [9.17, 15) is 24.3 Å². The maximum Gasteiger partial charge on any atom is 0.352 e. The molecule has 2 amide bonds. The Morgan fingerprint density at radius 3 is 2.63 bits per heavy atom. The van der Waals surface area contributed by atoms with Gasteiger partial charge in [-0.2, -0.15) is 0 Å². The number of carbonyl (C=O) groups excluding carboxylic acids is 3. The molecule has 2 aliphatic rings. The average Bonchev–Trinajstić information content (AvgIpc) is 2.96. The second-order valence-corrected chi connectivity index (χ2v) is 12.6. The number of quaternary nitrogens is 1. The number of carboxylic acids is 1. The van der Waals surface area contributed by atoms with Gasteiger partial charge in [-0.1, -0.05) is 36.4 Å². The van der Waals surface area contributed by atoms with Crippen molar-refractivity contribution in [3.05, 3.63) is 65.9 Å². The molecule has 2 aliphatic heterocycles. The van der Waals surface area contributed by atoms with Gasteiger partial charge < -0.3 is 37.8 Å². The molecule has 4 rings (SSSR count). The Morgan fingerprint density at radius 2 is 1.93 bits per heavy atom. The highest BCUT2D eigenvalue weighted by molar-refractivity contribution is 8.00. The van der Waals surface area contributed by atoms with Crippen molar-refractivity contribution in [3.63, 3.8) is 0 Å². The number of rotatable bonds is 13. The van der Waals surface area contributed by atoms with Gasteiger partial charge in [-0.25, -0.2) is 4.79 Å². The van der Waals surface area contributed by atoms with Crippen LogP contribution in [-0.4, -0.2) is 102 Å². The predicted octanol–water partition coefficient (Wildman–Crippen LogP) is -0.379. The van der Waals surface area contributed by atoms with Crippen molar-refractivity contribution in [2.24, 2.45) is 5.73 Å². The van der Waals surface area contributed by atoms with Crippen LogP contribution >= 0.6 is 35.9 Å². The summed E-state index contributed by atoms with van der Waals surface area (Å²) in [6.07, 6.45) is 4.34. The number of halogens is 2. The third-order valence-electron chi connectivity index (χ3n) is 6.86. The summed E-state index contributed by atoms with van der Waals surface area (Å²) in [6, 6.07) is 13.2. The van der Waals surface area contributed by atoms with E-state index in [1.54, 1.807) is 6.08 Å². The fourth-order valence-electron chi connectivity index (χ4n) is 4.70. The molecule has 2 heterocycles. The molecule has 234 valence electrons. The van der Waals surface area contributed by atoms with Crippen LogP contribution in [0.5, 0.6) is 0 Å². The molecule has 0 spiro atoms. The summed E-state index contributed by atoms with van der Waals surface area (Å²) in [4.78, 5) is 51.2. The number of benzene rings is 2. The van der Waals surface area contributed by atoms with Gasteiger partial charge in [0.15, 0.2) is 0 Å². The molecule has 0 aliphatic carbocycles. The minimum Gasteiger partial charge on any atom is -1.00 e. The summed E-state index contributed by atoms with van der Waals surface area (Å²) in [7, 11) is 4.05. The first-order valence-electron chi connectivity index (χ1n) is 13.3. The molecule has 1 fully saturated rings. The minimum atomic E-state index is -1.17. The fraction of sp³-hybridized carbons (Fsp3) is 0.379. The first kappa shape index (κ1) is 36.5. The highest BCUT2D eigenvalue weighted by Gasteiger charge is 2.53. The van der Waals surface area contributed by atoms with Gasteiger partial charge in [0.1, 0.15) is 17.1 Å². The summed E-state index contributed by atoms with van der Waals surface area (Å²) in [5, 5.41) is 14.5. The molecule has 14 heteroatoms. The smallest absolute Gasteiger partial charge is 0.352 e. The van der Waals surface area contributed by atoms with Gasteiger partial charge in [-0.3, -0.25) is 19.3 Å². The van der Waals surface area contributed by atoms with Crippen LogP contribution in [0.4, 0.5) is 0 Å². The van der Waals surface area contributed by atoms with Crippen LogP contribution in [0.25, 0.3) is 10.8 Å². The molecule has 2 aromatic carbocycles. The molecule has 2 atom stereocenters. The highest BCUT2D eigenvalue weighted by atomic mass is 35.5. The van der Waals surface area contributed by atoms with Crippen molar-refractivity contribution < 1.29 is 45.9 Å². The SMILES string of the molecule is C[N+](C)(C/C=C/C1=C(C(=O)O)N2C(=O)[C@@H](NC(=O)CSc3ccc4ccccc4c3)[C@H]2SC1)CCCOC(=O)CN.Cl.[Cl-]. The van der Waals surface area contributed by atoms with Gasteiger partial charge in [0.2, 0.25) is 5.91 Å². The number of hydrogen-bond acceptors (Lipinski definition) is 8. The summed E-state index contributed by atoms with van der Waals surface area (Å²) < 4.78 is 5.62. The van der Waals surface area contributed by atoms with E-state index in [1.165, 1.54) is 28.4 Å². The van der Waals surface area contributed by atoms with Gasteiger partial charge in [0.05, 0.1) is 46.1 Å². The zero-order valence-electron chi connectivity index (χ0n) is 23.9. The monoisotopic (exact) mass is 670 g/mol. The van der Waals surface area contributed by atoms with Crippen LogP contribution in [0.15, 0.2) is 70.8 Å². The molecule has 0 saturated carbocycles. The number of nitrogens with zero attached hydrogens (tertiary/aromatic N) is 2. The Morgan fingerprint density at radius 1 is 1.21 bits per heavy atom. The van der Waals surface area contributed by atoms with E-state index in [4.69, 9.17) is 10.5 Å². The molecule has 2 aromatic rings. The average molecular weight is 672 g/mol. The first-order valence-corrected chi connectivity index (χ1v) is 15.3. The number of thioether (sulfide) groups is 2. The fourth-order valence-corrected chi connectivity index (χ4v) is 6.78. The van der Waals surface area contributed by atoms with Crippen molar-refractivity contribution in [2.45, 2.75) is 22.7 Å². The Hall–Kier alpha value is -2.74. The van der Waals surface area contributed by atoms with Crippen LogP contribution in [-0.2, 0) is 23.9 Å². The number of nitrogens with two attached hydrogens (primary N) is 1. The molecule has 0 unspecified atom stereocenters. The van der Waals surface area contributed by atoms with E-state index in [2.05, 4.69) is 5.32 Å². The summed E-state index contributed by atoms with van der Waals surface area (Å²) >= 11 is 2.83. The highest BCUT2D eigenvalue weighted by Crippen LogP contribution is 2.40. The van der Waals surface area contributed by atoms with Crippen LogP contribution in [0, 0.1) is 0 Å². The Kier molecular flexibility index (Phi) is 13.9. The molecule has 10 nitrogen and oxygen atoms in total. The molecule has 0 aromatic heterocycles. The molecule has 0 radical (unpaired) electrons. The number of allylic oxidation sites excluding steroid dienone is 1. The van der Waals surface area contributed by atoms with Crippen LogP contribution in [0.2, 0.25) is 0 Å². The molecule has 4 N–H and O–H groups in total. The number of carboxylic acid groups (broad SMARTS) is 1. The first-order chi connectivity index (χ1) is 19.6.